The Morgan fingerprint density at radius 3 is 2.62 bits per heavy atom. The smallest absolute Gasteiger partial charge is 0.253 e. The first-order valence-corrected chi connectivity index (χ1v) is 11.8. The Kier molecular flexibility index (Phi) is 9.02. The lowest BCUT2D eigenvalue weighted by Gasteiger charge is -2.14. The molecule has 166 valence electrons. The zero-order valence-electron chi connectivity index (χ0n) is 17.5. The maximum Gasteiger partial charge on any atom is 0.253 e. The molecule has 32 heavy (non-hydrogen) atoms. The zero-order valence-corrected chi connectivity index (χ0v) is 20.7. The number of benzene rings is 3. The number of carbonyl (C=O) groups is 1. The Bertz CT molecular complexity index is 1100. The first-order chi connectivity index (χ1) is 15.5. The summed E-state index contributed by atoms with van der Waals surface area (Å²) in [6.45, 7) is 2.14. The summed E-state index contributed by atoms with van der Waals surface area (Å²) in [5.74, 6) is 0.912. The van der Waals surface area contributed by atoms with Gasteiger partial charge in [0.2, 0.25) is 0 Å². The molecule has 8 heteroatoms. The van der Waals surface area contributed by atoms with E-state index in [-0.39, 0.29) is 11.2 Å². The van der Waals surface area contributed by atoms with Crippen LogP contribution >= 0.6 is 39.3 Å². The molecule has 0 unspecified atom stereocenters. The fourth-order valence-electron chi connectivity index (χ4n) is 2.74. The summed E-state index contributed by atoms with van der Waals surface area (Å²) < 4.78 is 12.1. The number of halogens is 2. The van der Waals surface area contributed by atoms with Crippen LogP contribution in [0.5, 0.6) is 11.5 Å². The average Bonchev–Trinajstić information content (AvgIpc) is 2.79. The predicted molar refractivity (Wildman–Crippen MR) is 134 cm³/mol. The van der Waals surface area contributed by atoms with Gasteiger partial charge in [0, 0.05) is 15.5 Å². The van der Waals surface area contributed by atoms with E-state index in [1.54, 1.807) is 19.4 Å². The SMILES string of the molecule is COc1cc(/C=N\NC(=O)[C@@H](C)Sc2ccccc2)cc(Br)c1OCc1ccccc1Cl. The minimum Gasteiger partial charge on any atom is -0.493 e. The zero-order chi connectivity index (χ0) is 22.9. The molecule has 3 aromatic rings. The molecule has 0 radical (unpaired) electrons. The molecule has 0 bridgehead atoms. The van der Waals surface area contributed by atoms with Crippen LogP contribution < -0.4 is 14.9 Å². The lowest BCUT2D eigenvalue weighted by molar-refractivity contribution is -0.120. The van der Waals surface area contributed by atoms with E-state index < -0.39 is 0 Å². The molecule has 0 spiro atoms. The average molecular weight is 534 g/mol. The number of amides is 1. The third-order valence-corrected chi connectivity index (χ3v) is 6.47. The van der Waals surface area contributed by atoms with Crippen LogP contribution in [0.4, 0.5) is 0 Å². The number of rotatable bonds is 9. The van der Waals surface area contributed by atoms with Crippen LogP contribution in [0.25, 0.3) is 0 Å². The molecule has 3 rings (SSSR count). The van der Waals surface area contributed by atoms with E-state index in [2.05, 4.69) is 26.5 Å². The molecule has 1 N–H and O–H groups in total. The molecular weight excluding hydrogens is 512 g/mol. The molecular formula is C24H22BrClN2O3S. The molecule has 0 saturated carbocycles. The van der Waals surface area contributed by atoms with E-state index in [1.807, 2.05) is 67.6 Å². The molecule has 0 aromatic heterocycles. The van der Waals surface area contributed by atoms with Crippen LogP contribution in [0.3, 0.4) is 0 Å². The highest BCUT2D eigenvalue weighted by Crippen LogP contribution is 2.37. The number of nitrogens with zero attached hydrogens (tertiary/aromatic N) is 1. The van der Waals surface area contributed by atoms with Gasteiger partial charge >= 0.3 is 0 Å². The highest BCUT2D eigenvalue weighted by Gasteiger charge is 2.14. The van der Waals surface area contributed by atoms with Crippen molar-refractivity contribution in [3.63, 3.8) is 0 Å². The van der Waals surface area contributed by atoms with Gasteiger partial charge in [-0.3, -0.25) is 4.79 Å². The summed E-state index contributed by atoms with van der Waals surface area (Å²) in [5, 5.41) is 4.44. The van der Waals surface area contributed by atoms with Gasteiger partial charge in [-0.05, 0) is 58.7 Å². The van der Waals surface area contributed by atoms with Crippen molar-refractivity contribution in [2.24, 2.45) is 5.10 Å². The Hall–Kier alpha value is -2.48. The van der Waals surface area contributed by atoms with Gasteiger partial charge in [0.05, 0.1) is 23.0 Å². The molecule has 0 aliphatic rings. The summed E-state index contributed by atoms with van der Waals surface area (Å²) in [4.78, 5) is 13.3. The summed E-state index contributed by atoms with van der Waals surface area (Å²) in [7, 11) is 1.56. The van der Waals surface area contributed by atoms with Gasteiger partial charge in [-0.1, -0.05) is 48.0 Å². The molecule has 3 aromatic carbocycles. The molecule has 0 fully saturated rings. The van der Waals surface area contributed by atoms with Gasteiger partial charge in [-0.2, -0.15) is 5.10 Å². The van der Waals surface area contributed by atoms with Crippen molar-refractivity contribution in [1.29, 1.82) is 0 Å². The van der Waals surface area contributed by atoms with Crippen molar-refractivity contribution in [3.05, 3.63) is 87.4 Å². The lowest BCUT2D eigenvalue weighted by atomic mass is 10.2. The third-order valence-electron chi connectivity index (χ3n) is 4.40. The highest BCUT2D eigenvalue weighted by molar-refractivity contribution is 9.10. The number of nitrogens with one attached hydrogen (secondary N) is 1. The number of methoxy groups -OCH3 is 1. The molecule has 0 saturated heterocycles. The number of hydrogen-bond donors (Lipinski definition) is 1. The second kappa shape index (κ2) is 11.9. The Morgan fingerprint density at radius 2 is 1.91 bits per heavy atom. The number of ether oxygens (including phenoxy) is 2. The summed E-state index contributed by atoms with van der Waals surface area (Å²) in [5.41, 5.74) is 4.20. The fourth-order valence-corrected chi connectivity index (χ4v) is 4.38. The number of hydrazone groups is 1. The summed E-state index contributed by atoms with van der Waals surface area (Å²) >= 11 is 11.2. The summed E-state index contributed by atoms with van der Waals surface area (Å²) in [6.07, 6.45) is 1.56. The second-order valence-electron chi connectivity index (χ2n) is 6.72. The van der Waals surface area contributed by atoms with Crippen molar-refractivity contribution in [3.8, 4) is 11.5 Å². The topological polar surface area (TPSA) is 59.9 Å². The molecule has 1 atom stereocenters. The minimum absolute atomic E-state index is 0.180. The lowest BCUT2D eigenvalue weighted by Crippen LogP contribution is -2.26. The second-order valence-corrected chi connectivity index (χ2v) is 9.40. The fraction of sp³-hybridized carbons (Fsp3) is 0.167. The standard InChI is InChI=1S/C24H22BrClN2O3S/c1-16(32-19-9-4-3-5-10-19)24(29)28-27-14-17-12-20(25)23(22(13-17)30-2)31-15-18-8-6-7-11-21(18)26/h3-14,16H,15H2,1-2H3,(H,28,29)/b27-14-/t16-/m1/s1. The molecule has 0 aliphatic heterocycles. The van der Waals surface area contributed by atoms with Crippen molar-refractivity contribution < 1.29 is 14.3 Å². The quantitative estimate of drug-likeness (QED) is 0.199. The predicted octanol–water partition coefficient (Wildman–Crippen LogP) is 6.32. The van der Waals surface area contributed by atoms with Gasteiger partial charge in [-0.25, -0.2) is 5.43 Å². The van der Waals surface area contributed by atoms with Gasteiger partial charge in [0.25, 0.3) is 5.91 Å². The van der Waals surface area contributed by atoms with Gasteiger partial charge in [0.15, 0.2) is 11.5 Å². The third kappa shape index (κ3) is 6.76. The Labute approximate surface area is 205 Å². The summed E-state index contributed by atoms with van der Waals surface area (Å²) in [6, 6.07) is 20.9. The largest absolute Gasteiger partial charge is 0.493 e. The highest BCUT2D eigenvalue weighted by atomic mass is 79.9. The molecule has 1 amide bonds. The maximum atomic E-state index is 12.3. The van der Waals surface area contributed by atoms with Crippen molar-refractivity contribution in [1.82, 2.24) is 5.43 Å². The van der Waals surface area contributed by atoms with E-state index >= 15 is 0 Å². The molecule has 0 heterocycles. The Balaban J connectivity index is 1.63. The van der Waals surface area contributed by atoms with Crippen LogP contribution in [0, 0.1) is 0 Å². The van der Waals surface area contributed by atoms with E-state index in [4.69, 9.17) is 21.1 Å². The number of carbonyl (C=O) groups excluding carboxylic acids is 1. The molecule has 5 nitrogen and oxygen atoms in total. The first kappa shape index (κ1) is 24.2. The van der Waals surface area contributed by atoms with Gasteiger partial charge < -0.3 is 9.47 Å². The van der Waals surface area contributed by atoms with Crippen LogP contribution in [-0.2, 0) is 11.4 Å². The van der Waals surface area contributed by atoms with Crippen molar-refractivity contribution in [2.45, 2.75) is 23.7 Å². The van der Waals surface area contributed by atoms with Crippen molar-refractivity contribution >= 4 is 51.4 Å². The van der Waals surface area contributed by atoms with Crippen LogP contribution in [0.1, 0.15) is 18.1 Å². The number of hydrogen-bond acceptors (Lipinski definition) is 5. The van der Waals surface area contributed by atoms with Crippen LogP contribution in [0.2, 0.25) is 5.02 Å². The van der Waals surface area contributed by atoms with E-state index in [1.165, 1.54) is 11.8 Å². The first-order valence-electron chi connectivity index (χ1n) is 9.76. The van der Waals surface area contributed by atoms with E-state index in [0.29, 0.717) is 27.6 Å². The van der Waals surface area contributed by atoms with Gasteiger partial charge in [0.1, 0.15) is 6.61 Å². The van der Waals surface area contributed by atoms with E-state index in [0.717, 1.165) is 16.0 Å². The minimum atomic E-state index is -0.281. The van der Waals surface area contributed by atoms with Crippen molar-refractivity contribution in [2.75, 3.05) is 7.11 Å². The Morgan fingerprint density at radius 1 is 1.19 bits per heavy atom. The van der Waals surface area contributed by atoms with E-state index in [9.17, 15) is 4.79 Å². The van der Waals surface area contributed by atoms with Crippen LogP contribution in [0.15, 0.2) is 81.2 Å². The number of thioether (sulfide) groups is 1. The maximum absolute atomic E-state index is 12.3. The normalized spacial score (nSPS) is 11.9. The molecule has 0 aliphatic carbocycles. The monoisotopic (exact) mass is 532 g/mol. The van der Waals surface area contributed by atoms with Crippen LogP contribution in [-0.4, -0.2) is 24.5 Å². The van der Waals surface area contributed by atoms with Gasteiger partial charge in [-0.15, -0.1) is 11.8 Å².